The number of nitrogens with zero attached hydrogens (tertiary/aromatic N) is 1. The van der Waals surface area contributed by atoms with E-state index >= 15 is 0 Å². The molecule has 1 saturated heterocycles. The molecule has 1 rings (SSSR count). The van der Waals surface area contributed by atoms with E-state index in [1.54, 1.807) is 0 Å². The van der Waals surface area contributed by atoms with Gasteiger partial charge in [-0.15, -0.1) is 0 Å². The van der Waals surface area contributed by atoms with Crippen molar-refractivity contribution in [3.63, 3.8) is 0 Å². The summed E-state index contributed by atoms with van der Waals surface area (Å²) in [4.78, 5) is 56.4. The van der Waals surface area contributed by atoms with E-state index in [0.29, 0.717) is 12.8 Å². The standard InChI is InChI=1S/C66H120N2O7/c1-5-9-12-15-18-21-24-27-30-33-36-39-42-45-48-51-62(69)73-58-66(67-65(72)61-54-56-68(8-4)57-55-61,59-74-63(70)52-49-46-43-40-37-34-31-28-25-22-19-16-13-10-6-2)60-75-64(71)53-50-47-44-41-38-35-32-29-26-23-20-17-14-11-7-3/h27-32,61H,5-26,33-60H2,1-4H3,(H,67,72)/b30-27-,31-28-,32-29-. The van der Waals surface area contributed by atoms with E-state index in [-0.39, 0.29) is 68.8 Å². The zero-order chi connectivity index (χ0) is 54.4. The quantitative estimate of drug-likeness (QED) is 0.0278. The molecule has 9 heteroatoms. The highest BCUT2D eigenvalue weighted by molar-refractivity contribution is 5.80. The number of allylic oxidation sites excluding steroid dienone is 6. The lowest BCUT2D eigenvalue weighted by Gasteiger charge is -2.36. The molecule has 9 nitrogen and oxygen atoms in total. The highest BCUT2D eigenvalue weighted by atomic mass is 16.6. The molecule has 0 aromatic heterocycles. The van der Waals surface area contributed by atoms with Crippen LogP contribution in [0.4, 0.5) is 0 Å². The molecule has 0 aromatic rings. The van der Waals surface area contributed by atoms with Crippen LogP contribution < -0.4 is 5.32 Å². The molecule has 1 amide bonds. The second-order valence-corrected chi connectivity index (χ2v) is 22.5. The van der Waals surface area contributed by atoms with Crippen molar-refractivity contribution in [2.24, 2.45) is 5.92 Å². The zero-order valence-corrected chi connectivity index (χ0v) is 49.7. The van der Waals surface area contributed by atoms with Crippen LogP contribution in [0, 0.1) is 5.92 Å². The Kier molecular flexibility index (Phi) is 49.6. The van der Waals surface area contributed by atoms with Crippen molar-refractivity contribution in [3.8, 4) is 0 Å². The van der Waals surface area contributed by atoms with Crippen LogP contribution in [0.15, 0.2) is 36.5 Å². The molecular weight excluding hydrogens is 933 g/mol. The van der Waals surface area contributed by atoms with Gasteiger partial charge in [-0.05, 0) is 129 Å². The van der Waals surface area contributed by atoms with E-state index in [0.717, 1.165) is 135 Å². The minimum Gasteiger partial charge on any atom is -0.463 e. The maximum atomic E-state index is 14.1. The molecule has 436 valence electrons. The lowest BCUT2D eigenvalue weighted by atomic mass is 9.93. The van der Waals surface area contributed by atoms with Crippen molar-refractivity contribution >= 4 is 23.8 Å². The molecule has 0 bridgehead atoms. The van der Waals surface area contributed by atoms with Crippen LogP contribution >= 0.6 is 0 Å². The molecule has 0 radical (unpaired) electrons. The van der Waals surface area contributed by atoms with Crippen LogP contribution in [0.25, 0.3) is 0 Å². The Labute approximate surface area is 463 Å². The normalized spacial score (nSPS) is 13.7. The second kappa shape index (κ2) is 53.1. The molecule has 0 spiro atoms. The maximum absolute atomic E-state index is 14.1. The third-order valence-corrected chi connectivity index (χ3v) is 15.3. The molecule has 0 saturated carbocycles. The molecule has 0 aliphatic carbocycles. The number of esters is 3. The van der Waals surface area contributed by atoms with Gasteiger partial charge in [0.25, 0.3) is 0 Å². The Morgan fingerprint density at radius 3 is 0.907 bits per heavy atom. The van der Waals surface area contributed by atoms with Gasteiger partial charge in [0.2, 0.25) is 5.91 Å². The first-order valence-corrected chi connectivity index (χ1v) is 32.2. The summed E-state index contributed by atoms with van der Waals surface area (Å²) in [6.07, 6.45) is 62.1. The lowest BCUT2D eigenvalue weighted by molar-refractivity contribution is -0.160. The van der Waals surface area contributed by atoms with E-state index in [9.17, 15) is 19.2 Å². The van der Waals surface area contributed by atoms with Crippen molar-refractivity contribution < 1.29 is 33.4 Å². The third-order valence-electron chi connectivity index (χ3n) is 15.3. The van der Waals surface area contributed by atoms with E-state index in [4.69, 9.17) is 14.2 Å². The summed E-state index contributed by atoms with van der Waals surface area (Å²) >= 11 is 0. The predicted molar refractivity (Wildman–Crippen MR) is 317 cm³/mol. The van der Waals surface area contributed by atoms with Gasteiger partial charge in [-0.2, -0.15) is 0 Å². The summed E-state index contributed by atoms with van der Waals surface area (Å²) in [6.45, 7) is 10.8. The number of ether oxygens (including phenoxy) is 3. The summed E-state index contributed by atoms with van der Waals surface area (Å²) < 4.78 is 17.8. The lowest BCUT2D eigenvalue weighted by Crippen LogP contribution is -2.61. The zero-order valence-electron chi connectivity index (χ0n) is 49.7. The summed E-state index contributed by atoms with van der Waals surface area (Å²) in [6, 6.07) is 0. The Morgan fingerprint density at radius 1 is 0.387 bits per heavy atom. The first kappa shape index (κ1) is 70.1. The van der Waals surface area contributed by atoms with Gasteiger partial charge in [-0.1, -0.05) is 218 Å². The van der Waals surface area contributed by atoms with Gasteiger partial charge in [0.1, 0.15) is 25.4 Å². The smallest absolute Gasteiger partial charge is 0.305 e. The number of amides is 1. The fourth-order valence-corrected chi connectivity index (χ4v) is 10.0. The van der Waals surface area contributed by atoms with Crippen molar-refractivity contribution in [1.29, 1.82) is 0 Å². The highest BCUT2D eigenvalue weighted by Crippen LogP contribution is 2.22. The summed E-state index contributed by atoms with van der Waals surface area (Å²) in [5.41, 5.74) is -1.40. The Hall–Kier alpha value is -2.94. The van der Waals surface area contributed by atoms with E-state index < -0.39 is 5.54 Å². The number of unbranched alkanes of at least 4 members (excludes halogenated alkanes) is 33. The van der Waals surface area contributed by atoms with Crippen molar-refractivity contribution in [1.82, 2.24) is 10.2 Å². The van der Waals surface area contributed by atoms with Crippen LogP contribution in [-0.2, 0) is 33.4 Å². The molecule has 1 heterocycles. The number of likely N-dealkylation sites (tertiary alicyclic amines) is 1. The monoisotopic (exact) mass is 1050 g/mol. The average Bonchev–Trinajstić information content (AvgIpc) is 3.42. The molecule has 0 atom stereocenters. The minimum absolute atomic E-state index is 0.180. The molecule has 1 aliphatic heterocycles. The topological polar surface area (TPSA) is 111 Å². The minimum atomic E-state index is -1.40. The third kappa shape index (κ3) is 44.7. The largest absolute Gasteiger partial charge is 0.463 e. The van der Waals surface area contributed by atoms with Crippen LogP contribution in [0.3, 0.4) is 0 Å². The number of hydrogen-bond donors (Lipinski definition) is 1. The number of piperidine rings is 1. The number of nitrogens with one attached hydrogen (secondary N) is 1. The van der Waals surface area contributed by atoms with Crippen LogP contribution in [0.2, 0.25) is 0 Å². The Morgan fingerprint density at radius 2 is 0.640 bits per heavy atom. The number of carbonyl (C=O) groups is 4. The molecule has 75 heavy (non-hydrogen) atoms. The number of rotatable bonds is 54. The summed E-state index contributed by atoms with van der Waals surface area (Å²) in [7, 11) is 0. The SMILES string of the molecule is CCCCCCCC/C=C\CCCCCCCC(=O)OCC(COC(=O)CCCCCCC/C=C\CCCCCCCC)(COC(=O)CCCCCCC/C=C\CCCCCCCC)NC(=O)C1CCN(CC)CC1. The van der Waals surface area contributed by atoms with Crippen LogP contribution in [0.5, 0.6) is 0 Å². The summed E-state index contributed by atoms with van der Waals surface area (Å²) in [5, 5.41) is 3.16. The van der Waals surface area contributed by atoms with Gasteiger partial charge < -0.3 is 24.4 Å². The molecule has 1 N–H and O–H groups in total. The van der Waals surface area contributed by atoms with Crippen molar-refractivity contribution in [3.05, 3.63) is 36.5 Å². The van der Waals surface area contributed by atoms with Gasteiger partial charge >= 0.3 is 17.9 Å². The van der Waals surface area contributed by atoms with E-state index in [2.05, 4.69) is 74.4 Å². The molecule has 1 aliphatic rings. The average molecular weight is 1050 g/mol. The van der Waals surface area contributed by atoms with Gasteiger partial charge in [0.05, 0.1) is 0 Å². The number of hydrogen-bond acceptors (Lipinski definition) is 8. The summed E-state index contributed by atoms with van der Waals surface area (Å²) in [5.74, 6) is -1.50. The van der Waals surface area contributed by atoms with Gasteiger partial charge in [-0.3, -0.25) is 19.2 Å². The predicted octanol–water partition coefficient (Wildman–Crippen LogP) is 18.3. The van der Waals surface area contributed by atoms with Gasteiger partial charge in [-0.25, -0.2) is 0 Å². The van der Waals surface area contributed by atoms with E-state index in [1.807, 2.05) is 0 Å². The molecule has 0 aromatic carbocycles. The van der Waals surface area contributed by atoms with Gasteiger partial charge in [0.15, 0.2) is 0 Å². The van der Waals surface area contributed by atoms with Crippen LogP contribution in [0.1, 0.15) is 310 Å². The Balaban J connectivity index is 2.79. The molecular formula is C66H120N2O7. The second-order valence-electron chi connectivity index (χ2n) is 22.5. The first-order chi connectivity index (χ1) is 36.8. The highest BCUT2D eigenvalue weighted by Gasteiger charge is 2.39. The maximum Gasteiger partial charge on any atom is 0.305 e. The van der Waals surface area contributed by atoms with Crippen molar-refractivity contribution in [2.45, 2.75) is 316 Å². The van der Waals surface area contributed by atoms with Gasteiger partial charge in [0, 0.05) is 25.2 Å². The van der Waals surface area contributed by atoms with Crippen molar-refractivity contribution in [2.75, 3.05) is 39.5 Å². The van der Waals surface area contributed by atoms with E-state index in [1.165, 1.54) is 135 Å². The molecule has 1 fully saturated rings. The first-order valence-electron chi connectivity index (χ1n) is 32.2. The fraction of sp³-hybridized carbons (Fsp3) is 0.848. The number of carbonyl (C=O) groups excluding carboxylic acids is 4. The Bertz CT molecular complexity index is 1280. The molecule has 0 unspecified atom stereocenters. The fourth-order valence-electron chi connectivity index (χ4n) is 10.0. The van der Waals surface area contributed by atoms with Crippen LogP contribution in [-0.4, -0.2) is 73.7 Å².